The third-order valence-corrected chi connectivity index (χ3v) is 4.49. The van der Waals surface area contributed by atoms with Crippen LogP contribution in [0.4, 0.5) is 17.6 Å². The Morgan fingerprint density at radius 1 is 1.29 bits per heavy atom. The average Bonchev–Trinajstić information content (AvgIpc) is 2.41. The van der Waals surface area contributed by atoms with Gasteiger partial charge < -0.3 is 5.32 Å². The molecule has 1 aromatic rings. The standard InChI is InChI=1S/C15H18ClF4N/c1-21-14(12-6-5-11(16)8-13(12)17)9-3-2-4-10(7-9)15(18,19)20/h5-6,8-10,14,21H,2-4,7H2,1H3. The van der Waals surface area contributed by atoms with Crippen molar-refractivity contribution in [2.45, 2.75) is 37.9 Å². The number of hydrogen-bond acceptors (Lipinski definition) is 1. The summed E-state index contributed by atoms with van der Waals surface area (Å²) in [4.78, 5) is 0. The molecule has 0 aromatic heterocycles. The van der Waals surface area contributed by atoms with Crippen molar-refractivity contribution in [3.8, 4) is 0 Å². The Morgan fingerprint density at radius 3 is 2.57 bits per heavy atom. The van der Waals surface area contributed by atoms with Crippen LogP contribution in [0.3, 0.4) is 0 Å². The van der Waals surface area contributed by atoms with Crippen molar-refractivity contribution in [3.05, 3.63) is 34.6 Å². The van der Waals surface area contributed by atoms with Crippen molar-refractivity contribution in [3.63, 3.8) is 0 Å². The van der Waals surface area contributed by atoms with Crippen LogP contribution in [0.1, 0.15) is 37.3 Å². The van der Waals surface area contributed by atoms with Crippen LogP contribution in [0.25, 0.3) is 0 Å². The largest absolute Gasteiger partial charge is 0.391 e. The number of benzene rings is 1. The molecule has 0 radical (unpaired) electrons. The number of alkyl halides is 3. The van der Waals surface area contributed by atoms with E-state index in [2.05, 4.69) is 5.32 Å². The lowest BCUT2D eigenvalue weighted by atomic mass is 9.75. The number of halogens is 5. The lowest BCUT2D eigenvalue weighted by Gasteiger charge is -2.35. The highest BCUT2D eigenvalue weighted by atomic mass is 35.5. The van der Waals surface area contributed by atoms with Gasteiger partial charge in [-0.25, -0.2) is 4.39 Å². The Morgan fingerprint density at radius 2 is 2.00 bits per heavy atom. The molecule has 1 saturated carbocycles. The van der Waals surface area contributed by atoms with Gasteiger partial charge in [-0.2, -0.15) is 13.2 Å². The summed E-state index contributed by atoms with van der Waals surface area (Å²) < 4.78 is 52.7. The maximum atomic E-state index is 14.0. The van der Waals surface area contributed by atoms with E-state index in [1.54, 1.807) is 19.2 Å². The first-order valence-electron chi connectivity index (χ1n) is 7.02. The van der Waals surface area contributed by atoms with Crippen LogP contribution in [0.5, 0.6) is 0 Å². The quantitative estimate of drug-likeness (QED) is 0.762. The summed E-state index contributed by atoms with van der Waals surface area (Å²) in [5, 5.41) is 3.25. The zero-order valence-corrected chi connectivity index (χ0v) is 12.4. The summed E-state index contributed by atoms with van der Waals surface area (Å²) in [5.74, 6) is -2.00. The van der Waals surface area contributed by atoms with Gasteiger partial charge in [-0.15, -0.1) is 0 Å². The molecule has 21 heavy (non-hydrogen) atoms. The van der Waals surface area contributed by atoms with Crippen molar-refractivity contribution in [2.75, 3.05) is 7.05 Å². The number of hydrogen-bond donors (Lipinski definition) is 1. The highest BCUT2D eigenvalue weighted by Crippen LogP contribution is 2.44. The zero-order chi connectivity index (χ0) is 15.6. The van der Waals surface area contributed by atoms with Crippen LogP contribution < -0.4 is 5.32 Å². The molecular weight excluding hydrogens is 306 g/mol. The Labute approximate surface area is 126 Å². The molecule has 0 aliphatic heterocycles. The van der Waals surface area contributed by atoms with Crippen molar-refractivity contribution >= 4 is 11.6 Å². The van der Waals surface area contributed by atoms with E-state index < -0.39 is 24.0 Å². The molecule has 0 amide bonds. The van der Waals surface area contributed by atoms with Gasteiger partial charge in [0.2, 0.25) is 0 Å². The van der Waals surface area contributed by atoms with Crippen molar-refractivity contribution in [1.29, 1.82) is 0 Å². The minimum atomic E-state index is -4.17. The van der Waals surface area contributed by atoms with Gasteiger partial charge in [-0.1, -0.05) is 24.1 Å². The number of rotatable bonds is 3. The smallest absolute Gasteiger partial charge is 0.313 e. The Hall–Kier alpha value is -0.810. The number of nitrogens with one attached hydrogen (secondary N) is 1. The van der Waals surface area contributed by atoms with Crippen LogP contribution in [-0.4, -0.2) is 13.2 Å². The van der Waals surface area contributed by atoms with Gasteiger partial charge in [-0.05, 0) is 44.4 Å². The van der Waals surface area contributed by atoms with Crippen LogP contribution in [-0.2, 0) is 0 Å². The fourth-order valence-corrected chi connectivity index (χ4v) is 3.39. The monoisotopic (exact) mass is 323 g/mol. The molecule has 0 spiro atoms. The summed E-state index contributed by atoms with van der Waals surface area (Å²) in [6.07, 6.45) is -2.78. The van der Waals surface area contributed by atoms with E-state index in [0.29, 0.717) is 18.4 Å². The van der Waals surface area contributed by atoms with Gasteiger partial charge in [0.05, 0.1) is 5.92 Å². The molecule has 1 aliphatic rings. The van der Waals surface area contributed by atoms with Gasteiger partial charge in [0, 0.05) is 16.6 Å². The van der Waals surface area contributed by atoms with Crippen LogP contribution >= 0.6 is 11.6 Å². The predicted molar refractivity (Wildman–Crippen MR) is 74.7 cm³/mol. The van der Waals surface area contributed by atoms with E-state index >= 15 is 0 Å². The van der Waals surface area contributed by atoms with Crippen molar-refractivity contribution < 1.29 is 17.6 Å². The van der Waals surface area contributed by atoms with Crippen molar-refractivity contribution in [2.24, 2.45) is 11.8 Å². The summed E-state index contributed by atoms with van der Waals surface area (Å²) >= 11 is 5.72. The van der Waals surface area contributed by atoms with E-state index in [-0.39, 0.29) is 23.8 Å². The van der Waals surface area contributed by atoms with Gasteiger partial charge in [0.1, 0.15) is 5.82 Å². The molecule has 1 aromatic carbocycles. The molecule has 1 nitrogen and oxygen atoms in total. The molecular formula is C15H18ClF4N. The maximum Gasteiger partial charge on any atom is 0.391 e. The van der Waals surface area contributed by atoms with Gasteiger partial charge in [0.25, 0.3) is 0 Å². The third-order valence-electron chi connectivity index (χ3n) is 4.26. The zero-order valence-electron chi connectivity index (χ0n) is 11.7. The van der Waals surface area contributed by atoms with E-state index in [0.717, 1.165) is 0 Å². The second-order valence-electron chi connectivity index (χ2n) is 5.60. The average molecular weight is 324 g/mol. The molecule has 1 fully saturated rings. The molecule has 3 unspecified atom stereocenters. The lowest BCUT2D eigenvalue weighted by Crippen LogP contribution is -2.35. The summed E-state index contributed by atoms with van der Waals surface area (Å²) in [5.41, 5.74) is 0.384. The molecule has 1 aliphatic carbocycles. The fourth-order valence-electron chi connectivity index (χ4n) is 3.23. The molecule has 0 saturated heterocycles. The van der Waals surface area contributed by atoms with E-state index in [9.17, 15) is 17.6 Å². The predicted octanol–water partition coefficient (Wildman–Crippen LogP) is 5.11. The first kappa shape index (κ1) is 16.6. The van der Waals surface area contributed by atoms with E-state index in [1.807, 2.05) is 0 Å². The fraction of sp³-hybridized carbons (Fsp3) is 0.600. The van der Waals surface area contributed by atoms with Crippen LogP contribution in [0.15, 0.2) is 18.2 Å². The van der Waals surface area contributed by atoms with Crippen molar-refractivity contribution in [1.82, 2.24) is 5.32 Å². The molecule has 1 N–H and O–H groups in total. The summed E-state index contributed by atoms with van der Waals surface area (Å²) in [7, 11) is 1.65. The van der Waals surface area contributed by atoms with E-state index in [1.165, 1.54) is 6.07 Å². The molecule has 6 heteroatoms. The SMILES string of the molecule is CNC(c1ccc(Cl)cc1F)C1CCCC(C(F)(F)F)C1. The normalized spacial score (nSPS) is 24.9. The first-order valence-corrected chi connectivity index (χ1v) is 7.39. The highest BCUT2D eigenvalue weighted by molar-refractivity contribution is 6.30. The first-order chi connectivity index (χ1) is 9.82. The lowest BCUT2D eigenvalue weighted by molar-refractivity contribution is -0.186. The Balaban J connectivity index is 2.20. The Kier molecular flexibility index (Phi) is 5.15. The van der Waals surface area contributed by atoms with Gasteiger partial charge in [-0.3, -0.25) is 0 Å². The second-order valence-corrected chi connectivity index (χ2v) is 6.03. The van der Waals surface area contributed by atoms with Gasteiger partial charge in [0.15, 0.2) is 0 Å². The molecule has 0 bridgehead atoms. The molecule has 2 rings (SSSR count). The second kappa shape index (κ2) is 6.53. The summed E-state index contributed by atoms with van der Waals surface area (Å²) in [6, 6.07) is 3.89. The molecule has 3 atom stereocenters. The molecule has 0 heterocycles. The third kappa shape index (κ3) is 3.89. The highest BCUT2D eigenvalue weighted by Gasteiger charge is 2.43. The van der Waals surface area contributed by atoms with Crippen LogP contribution in [0, 0.1) is 17.7 Å². The van der Waals surface area contributed by atoms with Gasteiger partial charge >= 0.3 is 6.18 Å². The summed E-state index contributed by atoms with van der Waals surface area (Å²) in [6.45, 7) is 0. The maximum absolute atomic E-state index is 14.0. The minimum Gasteiger partial charge on any atom is -0.313 e. The Bertz CT molecular complexity index is 489. The van der Waals surface area contributed by atoms with E-state index in [4.69, 9.17) is 11.6 Å². The minimum absolute atomic E-state index is 0.0388. The molecule has 118 valence electrons. The topological polar surface area (TPSA) is 12.0 Å². The van der Waals surface area contributed by atoms with Crippen LogP contribution in [0.2, 0.25) is 5.02 Å².